The van der Waals surface area contributed by atoms with Gasteiger partial charge in [0.1, 0.15) is 6.17 Å². The van der Waals surface area contributed by atoms with E-state index in [0.717, 1.165) is 16.7 Å². The Kier molecular flexibility index (Phi) is 3.24. The van der Waals surface area contributed by atoms with Crippen molar-refractivity contribution in [3.63, 3.8) is 0 Å². The second-order valence-electron chi connectivity index (χ2n) is 3.24. The predicted molar refractivity (Wildman–Crippen MR) is 55.3 cm³/mol. The number of alkyl halides is 1. The van der Waals surface area contributed by atoms with Crippen LogP contribution in [-0.2, 0) is 0 Å². The molecule has 0 aliphatic heterocycles. The molecule has 0 N–H and O–H groups in total. The first kappa shape index (κ1) is 9.97. The number of benzene rings is 1. The molecule has 0 nitrogen and oxygen atoms in total. The van der Waals surface area contributed by atoms with Gasteiger partial charge in [-0.15, -0.1) is 0 Å². The fraction of sp³-hybridized carbons (Fsp3) is 0.333. The number of hydrogen-bond donors (Lipinski definition) is 0. The van der Waals surface area contributed by atoms with Gasteiger partial charge in [-0.25, -0.2) is 4.39 Å². The van der Waals surface area contributed by atoms with E-state index in [1.807, 2.05) is 38.1 Å². The number of halogens is 1. The molecule has 0 aliphatic rings. The lowest BCUT2D eigenvalue weighted by molar-refractivity contribution is 0.334. The zero-order chi connectivity index (χ0) is 9.84. The van der Waals surface area contributed by atoms with E-state index in [2.05, 4.69) is 6.58 Å². The van der Waals surface area contributed by atoms with E-state index in [-0.39, 0.29) is 0 Å². The highest BCUT2D eigenvalue weighted by molar-refractivity contribution is 5.64. The predicted octanol–water partition coefficient (Wildman–Crippen LogP) is 4.14. The molecule has 0 aromatic heterocycles. The van der Waals surface area contributed by atoms with Gasteiger partial charge in [0.2, 0.25) is 0 Å². The maximum Gasteiger partial charge on any atom is 0.125 e. The molecule has 0 bridgehead atoms. The fourth-order valence-corrected chi connectivity index (χ4v) is 1.38. The molecule has 1 unspecified atom stereocenters. The molecule has 1 rings (SSSR count). The molecule has 1 aromatic carbocycles. The minimum Gasteiger partial charge on any atom is -0.242 e. The summed E-state index contributed by atoms with van der Waals surface area (Å²) in [7, 11) is 0. The van der Waals surface area contributed by atoms with Gasteiger partial charge in [-0.2, -0.15) is 0 Å². The van der Waals surface area contributed by atoms with Crippen LogP contribution in [0.4, 0.5) is 4.39 Å². The summed E-state index contributed by atoms with van der Waals surface area (Å²) in [6, 6.07) is 7.53. The summed E-state index contributed by atoms with van der Waals surface area (Å²) < 4.78 is 13.4. The van der Waals surface area contributed by atoms with E-state index < -0.39 is 6.17 Å². The molecule has 0 saturated heterocycles. The van der Waals surface area contributed by atoms with Gasteiger partial charge in [0.25, 0.3) is 0 Å². The lowest BCUT2D eigenvalue weighted by Crippen LogP contribution is -1.94. The maximum atomic E-state index is 13.4. The highest BCUT2D eigenvalue weighted by atomic mass is 19.1. The molecule has 0 heterocycles. The van der Waals surface area contributed by atoms with Gasteiger partial charge in [-0.1, -0.05) is 43.3 Å². The van der Waals surface area contributed by atoms with Crippen LogP contribution in [0.2, 0.25) is 0 Å². The van der Waals surface area contributed by atoms with Crippen molar-refractivity contribution in [2.45, 2.75) is 26.4 Å². The third-order valence-electron chi connectivity index (χ3n) is 2.12. The Morgan fingerprint density at radius 1 is 1.46 bits per heavy atom. The van der Waals surface area contributed by atoms with Crippen molar-refractivity contribution in [2.75, 3.05) is 0 Å². The summed E-state index contributed by atoms with van der Waals surface area (Å²) in [5.41, 5.74) is 2.63. The summed E-state index contributed by atoms with van der Waals surface area (Å²) in [5, 5.41) is 0. The van der Waals surface area contributed by atoms with Gasteiger partial charge >= 0.3 is 0 Å². The molecule has 0 spiro atoms. The second-order valence-corrected chi connectivity index (χ2v) is 3.24. The molecule has 0 radical (unpaired) electrons. The van der Waals surface area contributed by atoms with Crippen LogP contribution < -0.4 is 0 Å². The molecule has 0 fully saturated rings. The Morgan fingerprint density at radius 2 is 2.08 bits per heavy atom. The van der Waals surface area contributed by atoms with Crippen molar-refractivity contribution in [3.05, 3.63) is 42.0 Å². The van der Waals surface area contributed by atoms with Gasteiger partial charge in [0.15, 0.2) is 0 Å². The van der Waals surface area contributed by atoms with Crippen LogP contribution in [0.15, 0.2) is 30.8 Å². The van der Waals surface area contributed by atoms with Gasteiger partial charge in [-0.3, -0.25) is 0 Å². The minimum absolute atomic E-state index is 0.518. The first-order valence-electron chi connectivity index (χ1n) is 4.55. The average molecular weight is 178 g/mol. The molecular formula is C12H15F. The molecule has 0 amide bonds. The fourth-order valence-electron chi connectivity index (χ4n) is 1.38. The zero-order valence-electron chi connectivity index (χ0n) is 8.18. The average Bonchev–Trinajstić information content (AvgIpc) is 2.16. The van der Waals surface area contributed by atoms with Crippen LogP contribution >= 0.6 is 0 Å². The lowest BCUT2D eigenvalue weighted by Gasteiger charge is -2.11. The smallest absolute Gasteiger partial charge is 0.125 e. The summed E-state index contributed by atoms with van der Waals surface area (Å²) in [5.74, 6) is 0. The quantitative estimate of drug-likeness (QED) is 0.652. The molecule has 0 saturated carbocycles. The van der Waals surface area contributed by atoms with E-state index in [4.69, 9.17) is 0 Å². The number of hydrogen-bond acceptors (Lipinski definition) is 0. The molecular weight excluding hydrogens is 163 g/mol. The van der Waals surface area contributed by atoms with Gasteiger partial charge in [0.05, 0.1) is 0 Å². The van der Waals surface area contributed by atoms with Gasteiger partial charge in [-0.05, 0) is 24.5 Å². The Labute approximate surface area is 79.1 Å². The van der Waals surface area contributed by atoms with Crippen molar-refractivity contribution < 1.29 is 4.39 Å². The summed E-state index contributed by atoms with van der Waals surface area (Å²) in [4.78, 5) is 0. The van der Waals surface area contributed by atoms with Crippen LogP contribution in [0.5, 0.6) is 0 Å². The van der Waals surface area contributed by atoms with Crippen molar-refractivity contribution in [3.8, 4) is 0 Å². The normalized spacial score (nSPS) is 12.5. The minimum atomic E-state index is -0.868. The van der Waals surface area contributed by atoms with Crippen molar-refractivity contribution in [1.82, 2.24) is 0 Å². The van der Waals surface area contributed by atoms with Crippen LogP contribution in [0.3, 0.4) is 0 Å². The maximum absolute atomic E-state index is 13.4. The number of allylic oxidation sites excluding steroid dienone is 1. The Balaban J connectivity index is 3.11. The topological polar surface area (TPSA) is 0 Å². The number of rotatable bonds is 3. The van der Waals surface area contributed by atoms with E-state index in [1.54, 1.807) is 0 Å². The molecule has 70 valence electrons. The zero-order valence-corrected chi connectivity index (χ0v) is 8.18. The lowest BCUT2D eigenvalue weighted by atomic mass is 9.97. The summed E-state index contributed by atoms with van der Waals surface area (Å²) >= 11 is 0. The summed E-state index contributed by atoms with van der Waals surface area (Å²) in [6.45, 7) is 7.59. The van der Waals surface area contributed by atoms with Crippen molar-refractivity contribution in [1.29, 1.82) is 0 Å². The second kappa shape index (κ2) is 4.22. The van der Waals surface area contributed by atoms with Crippen molar-refractivity contribution >= 4 is 5.57 Å². The van der Waals surface area contributed by atoms with Crippen LogP contribution in [0.25, 0.3) is 5.57 Å². The van der Waals surface area contributed by atoms with E-state index in [1.165, 1.54) is 0 Å². The van der Waals surface area contributed by atoms with E-state index >= 15 is 0 Å². The van der Waals surface area contributed by atoms with Crippen molar-refractivity contribution in [2.24, 2.45) is 0 Å². The first-order chi connectivity index (χ1) is 6.16. The third kappa shape index (κ3) is 2.18. The molecule has 1 heteroatoms. The molecule has 0 aliphatic carbocycles. The van der Waals surface area contributed by atoms with Crippen LogP contribution in [0.1, 0.15) is 37.6 Å². The standard InChI is InChI=1S/C12H15F/c1-4-12(13)11-8-6-5-7-10(11)9(2)3/h5-8,12H,2,4H2,1,3H3. The van der Waals surface area contributed by atoms with Gasteiger partial charge in [0, 0.05) is 0 Å². The highest BCUT2D eigenvalue weighted by Gasteiger charge is 2.11. The highest BCUT2D eigenvalue weighted by Crippen LogP contribution is 2.27. The van der Waals surface area contributed by atoms with Crippen LogP contribution in [-0.4, -0.2) is 0 Å². The molecule has 1 atom stereocenters. The van der Waals surface area contributed by atoms with E-state index in [0.29, 0.717) is 6.42 Å². The Morgan fingerprint density at radius 3 is 2.62 bits per heavy atom. The largest absolute Gasteiger partial charge is 0.242 e. The Hall–Kier alpha value is -1.11. The first-order valence-corrected chi connectivity index (χ1v) is 4.55. The summed E-state index contributed by atoms with van der Waals surface area (Å²) in [6.07, 6.45) is -0.350. The molecule has 1 aromatic rings. The molecule has 13 heavy (non-hydrogen) atoms. The SMILES string of the molecule is C=C(C)c1ccccc1C(F)CC. The Bertz CT molecular complexity index is 302. The van der Waals surface area contributed by atoms with Crippen LogP contribution in [0, 0.1) is 0 Å². The third-order valence-corrected chi connectivity index (χ3v) is 2.12. The van der Waals surface area contributed by atoms with E-state index in [9.17, 15) is 4.39 Å². The van der Waals surface area contributed by atoms with Gasteiger partial charge < -0.3 is 0 Å². The monoisotopic (exact) mass is 178 g/mol.